The summed E-state index contributed by atoms with van der Waals surface area (Å²) in [4.78, 5) is 22.7. The quantitative estimate of drug-likeness (QED) is 0.693. The zero-order valence-corrected chi connectivity index (χ0v) is 16.2. The Hall–Kier alpha value is -3.16. The van der Waals surface area contributed by atoms with Gasteiger partial charge in [0.1, 0.15) is 17.5 Å². The van der Waals surface area contributed by atoms with Crippen molar-refractivity contribution in [2.75, 3.05) is 13.1 Å². The molecule has 0 radical (unpaired) electrons. The molecule has 0 N–H and O–H groups in total. The highest BCUT2D eigenvalue weighted by molar-refractivity contribution is 5.68. The Morgan fingerprint density at radius 2 is 2.04 bits per heavy atom. The Kier molecular flexibility index (Phi) is 4.62. The number of pyridine rings is 1. The van der Waals surface area contributed by atoms with Crippen LogP contribution >= 0.6 is 0 Å². The molecule has 0 spiro atoms. The third-order valence-electron chi connectivity index (χ3n) is 4.38. The number of likely N-dealkylation sites (tertiary alicyclic amines) is 1. The predicted octanol–water partition coefficient (Wildman–Crippen LogP) is 3.18. The van der Waals surface area contributed by atoms with Gasteiger partial charge in [0.05, 0.1) is 24.6 Å². The van der Waals surface area contributed by atoms with Crippen molar-refractivity contribution in [1.29, 1.82) is 0 Å². The van der Waals surface area contributed by atoms with Crippen LogP contribution in [0.4, 0.5) is 4.79 Å². The minimum atomic E-state index is -0.496. The van der Waals surface area contributed by atoms with Crippen molar-refractivity contribution in [3.05, 3.63) is 43.0 Å². The first-order chi connectivity index (χ1) is 13.4. The molecule has 1 atom stereocenters. The standard InChI is InChI=1S/C20H23N5O3/c1-20(2,3)28-19(26)24-9-7-16(13-24)27-15-4-5-17(21-11-15)14-10-22-18-6-8-23-25(18)12-14/h4-6,8,10-12,16H,7,9,13H2,1-3H3/t16-/m1/s1. The van der Waals surface area contributed by atoms with Gasteiger partial charge in [0.2, 0.25) is 0 Å². The molecular formula is C20H23N5O3. The smallest absolute Gasteiger partial charge is 0.410 e. The summed E-state index contributed by atoms with van der Waals surface area (Å²) in [5.74, 6) is 0.674. The molecule has 28 heavy (non-hydrogen) atoms. The average Bonchev–Trinajstić information content (AvgIpc) is 3.29. The Morgan fingerprint density at radius 3 is 2.79 bits per heavy atom. The van der Waals surface area contributed by atoms with Crippen molar-refractivity contribution in [2.24, 2.45) is 0 Å². The van der Waals surface area contributed by atoms with E-state index in [0.717, 1.165) is 23.3 Å². The van der Waals surface area contributed by atoms with Crippen molar-refractivity contribution in [3.63, 3.8) is 0 Å². The molecule has 1 saturated heterocycles. The molecule has 1 aliphatic rings. The van der Waals surface area contributed by atoms with Gasteiger partial charge < -0.3 is 14.4 Å². The third-order valence-corrected chi connectivity index (χ3v) is 4.38. The van der Waals surface area contributed by atoms with Crippen LogP contribution in [0, 0.1) is 0 Å². The lowest BCUT2D eigenvalue weighted by Crippen LogP contribution is -2.36. The molecule has 1 fully saturated rings. The summed E-state index contributed by atoms with van der Waals surface area (Å²) in [6.07, 6.45) is 7.46. The molecule has 4 rings (SSSR count). The Morgan fingerprint density at radius 1 is 1.18 bits per heavy atom. The van der Waals surface area contributed by atoms with E-state index in [1.807, 2.05) is 45.2 Å². The van der Waals surface area contributed by atoms with Gasteiger partial charge in [0.15, 0.2) is 5.65 Å². The van der Waals surface area contributed by atoms with E-state index in [9.17, 15) is 4.79 Å². The van der Waals surface area contributed by atoms with Crippen LogP contribution in [0.15, 0.2) is 43.0 Å². The molecule has 4 heterocycles. The molecule has 0 aliphatic carbocycles. The highest BCUT2D eigenvalue weighted by Crippen LogP contribution is 2.23. The molecule has 0 bridgehead atoms. The molecule has 0 saturated carbocycles. The molecule has 146 valence electrons. The number of ether oxygens (including phenoxy) is 2. The summed E-state index contributed by atoms with van der Waals surface area (Å²) in [5, 5.41) is 4.19. The molecule has 3 aromatic rings. The maximum atomic E-state index is 12.2. The molecule has 0 unspecified atom stereocenters. The van der Waals surface area contributed by atoms with Crippen LogP contribution in [0.3, 0.4) is 0 Å². The second-order valence-electron chi connectivity index (χ2n) is 7.81. The minimum Gasteiger partial charge on any atom is -0.487 e. The third kappa shape index (κ3) is 4.05. The fourth-order valence-corrected chi connectivity index (χ4v) is 3.07. The van der Waals surface area contributed by atoms with E-state index in [1.54, 1.807) is 28.0 Å². The second-order valence-corrected chi connectivity index (χ2v) is 7.81. The van der Waals surface area contributed by atoms with Crippen LogP contribution in [0.25, 0.3) is 16.9 Å². The predicted molar refractivity (Wildman–Crippen MR) is 103 cm³/mol. The van der Waals surface area contributed by atoms with Gasteiger partial charge in [-0.3, -0.25) is 4.98 Å². The maximum absolute atomic E-state index is 12.2. The summed E-state index contributed by atoms with van der Waals surface area (Å²) < 4.78 is 13.1. The number of hydrogen-bond donors (Lipinski definition) is 0. The molecular weight excluding hydrogens is 358 g/mol. The van der Waals surface area contributed by atoms with Gasteiger partial charge >= 0.3 is 6.09 Å². The fraction of sp³-hybridized carbons (Fsp3) is 0.400. The lowest BCUT2D eigenvalue weighted by molar-refractivity contribution is 0.0275. The summed E-state index contributed by atoms with van der Waals surface area (Å²) in [6.45, 7) is 6.72. The zero-order valence-electron chi connectivity index (χ0n) is 16.2. The lowest BCUT2D eigenvalue weighted by Gasteiger charge is -2.24. The van der Waals surface area contributed by atoms with E-state index in [1.165, 1.54) is 0 Å². The summed E-state index contributed by atoms with van der Waals surface area (Å²) >= 11 is 0. The maximum Gasteiger partial charge on any atom is 0.410 e. The minimum absolute atomic E-state index is 0.0674. The van der Waals surface area contributed by atoms with E-state index in [4.69, 9.17) is 9.47 Å². The average molecular weight is 381 g/mol. The van der Waals surface area contributed by atoms with Gasteiger partial charge in [-0.1, -0.05) is 0 Å². The Balaban J connectivity index is 1.38. The molecule has 1 aliphatic heterocycles. The highest BCUT2D eigenvalue weighted by Gasteiger charge is 2.30. The van der Waals surface area contributed by atoms with E-state index in [2.05, 4.69) is 15.1 Å². The van der Waals surface area contributed by atoms with E-state index in [0.29, 0.717) is 18.8 Å². The van der Waals surface area contributed by atoms with Crippen LogP contribution in [0.1, 0.15) is 27.2 Å². The number of carbonyl (C=O) groups is 1. The first kappa shape index (κ1) is 18.2. The highest BCUT2D eigenvalue weighted by atomic mass is 16.6. The van der Waals surface area contributed by atoms with E-state index in [-0.39, 0.29) is 12.2 Å². The van der Waals surface area contributed by atoms with Crippen molar-refractivity contribution >= 4 is 11.7 Å². The monoisotopic (exact) mass is 381 g/mol. The van der Waals surface area contributed by atoms with Crippen LogP contribution in [-0.4, -0.2) is 55.4 Å². The van der Waals surface area contributed by atoms with Gasteiger partial charge in [-0.15, -0.1) is 0 Å². The number of hydrogen-bond acceptors (Lipinski definition) is 6. The van der Waals surface area contributed by atoms with E-state index >= 15 is 0 Å². The van der Waals surface area contributed by atoms with Gasteiger partial charge in [-0.2, -0.15) is 5.10 Å². The van der Waals surface area contributed by atoms with Crippen molar-refractivity contribution in [3.8, 4) is 17.0 Å². The number of carbonyl (C=O) groups excluding carboxylic acids is 1. The van der Waals surface area contributed by atoms with Gasteiger partial charge in [0, 0.05) is 37.0 Å². The molecule has 0 aromatic carbocycles. The van der Waals surface area contributed by atoms with Gasteiger partial charge in [-0.05, 0) is 32.9 Å². The number of amides is 1. The number of nitrogens with zero attached hydrogens (tertiary/aromatic N) is 5. The van der Waals surface area contributed by atoms with Crippen LogP contribution in [-0.2, 0) is 4.74 Å². The largest absolute Gasteiger partial charge is 0.487 e. The number of fused-ring (bicyclic) bond motifs is 1. The van der Waals surface area contributed by atoms with Crippen molar-refractivity contribution in [1.82, 2.24) is 24.5 Å². The lowest BCUT2D eigenvalue weighted by atomic mass is 10.2. The number of aromatic nitrogens is 4. The topological polar surface area (TPSA) is 81.8 Å². The number of rotatable bonds is 3. The van der Waals surface area contributed by atoms with Crippen molar-refractivity contribution in [2.45, 2.75) is 38.9 Å². The van der Waals surface area contributed by atoms with Crippen molar-refractivity contribution < 1.29 is 14.3 Å². The normalized spacial score (nSPS) is 17.1. The fourth-order valence-electron chi connectivity index (χ4n) is 3.07. The first-order valence-electron chi connectivity index (χ1n) is 9.28. The van der Waals surface area contributed by atoms with Crippen LogP contribution in [0.5, 0.6) is 5.75 Å². The molecule has 3 aromatic heterocycles. The molecule has 8 nitrogen and oxygen atoms in total. The first-order valence-corrected chi connectivity index (χ1v) is 9.28. The van der Waals surface area contributed by atoms with Gasteiger partial charge in [-0.25, -0.2) is 14.3 Å². The summed E-state index contributed by atoms with van der Waals surface area (Å²) in [5.41, 5.74) is 1.96. The second kappa shape index (κ2) is 7.10. The SMILES string of the molecule is CC(C)(C)OC(=O)N1CC[C@@H](Oc2ccc(-c3cnc4ccnn4c3)nc2)C1. The van der Waals surface area contributed by atoms with E-state index < -0.39 is 5.60 Å². The zero-order chi connectivity index (χ0) is 19.7. The van der Waals surface area contributed by atoms with Crippen LogP contribution in [0.2, 0.25) is 0 Å². The Bertz CT molecular complexity index is 977. The van der Waals surface area contributed by atoms with Crippen LogP contribution < -0.4 is 4.74 Å². The summed E-state index contributed by atoms with van der Waals surface area (Å²) in [6, 6.07) is 5.62. The molecule has 1 amide bonds. The van der Waals surface area contributed by atoms with Gasteiger partial charge in [0.25, 0.3) is 0 Å². The molecule has 8 heteroatoms. The summed E-state index contributed by atoms with van der Waals surface area (Å²) in [7, 11) is 0. The Labute approximate surface area is 163 Å².